The Labute approximate surface area is 123 Å². The maximum atomic E-state index is 3.69. The molecule has 106 valence electrons. The molecule has 0 aliphatic heterocycles. The van der Waals surface area contributed by atoms with Crippen LogP contribution in [-0.4, -0.2) is 0 Å². The number of hydrogen-bond donors (Lipinski definition) is 1. The van der Waals surface area contributed by atoms with E-state index in [9.17, 15) is 0 Å². The van der Waals surface area contributed by atoms with E-state index >= 15 is 0 Å². The van der Waals surface area contributed by atoms with Gasteiger partial charge in [0.25, 0.3) is 0 Å². The predicted octanol–water partition coefficient (Wildman–Crippen LogP) is 5.02. The molecule has 0 aliphatic carbocycles. The Morgan fingerprint density at radius 3 is 1.85 bits per heavy atom. The lowest BCUT2D eigenvalue weighted by molar-refractivity contribution is 0.494. The van der Waals surface area contributed by atoms with Gasteiger partial charge < -0.3 is 5.32 Å². The van der Waals surface area contributed by atoms with Crippen molar-refractivity contribution in [3.05, 3.63) is 70.3 Å². The quantitative estimate of drug-likeness (QED) is 0.819. The Morgan fingerprint density at radius 1 is 0.700 bits per heavy atom. The fourth-order valence-electron chi connectivity index (χ4n) is 2.77. The molecule has 0 spiro atoms. The third kappa shape index (κ3) is 3.71. The molecule has 0 bridgehead atoms. The topological polar surface area (TPSA) is 12.0 Å². The van der Waals surface area contributed by atoms with Gasteiger partial charge in [0.15, 0.2) is 0 Å². The first-order valence-corrected chi connectivity index (χ1v) is 7.36. The van der Waals surface area contributed by atoms with E-state index in [-0.39, 0.29) is 0 Å². The van der Waals surface area contributed by atoms with Crippen LogP contribution >= 0.6 is 0 Å². The highest BCUT2D eigenvalue weighted by Gasteiger charge is 2.11. The number of benzene rings is 2. The highest BCUT2D eigenvalue weighted by molar-refractivity contribution is 5.31. The molecule has 1 unspecified atom stereocenters. The second-order valence-electron chi connectivity index (χ2n) is 5.95. The molecule has 0 fully saturated rings. The number of nitrogens with one attached hydrogen (secondary N) is 1. The van der Waals surface area contributed by atoms with E-state index < -0.39 is 0 Å². The maximum Gasteiger partial charge on any atom is 0.0297 e. The van der Waals surface area contributed by atoms with E-state index in [1.165, 1.54) is 27.8 Å². The molecule has 1 nitrogen and oxygen atoms in total. The van der Waals surface area contributed by atoms with Gasteiger partial charge in [-0.2, -0.15) is 0 Å². The molecular weight excluding hydrogens is 242 g/mol. The van der Waals surface area contributed by atoms with E-state index in [1.807, 2.05) is 0 Å². The van der Waals surface area contributed by atoms with Crippen molar-refractivity contribution in [1.82, 2.24) is 5.32 Å². The summed E-state index contributed by atoms with van der Waals surface area (Å²) in [6, 6.07) is 16.2. The normalized spacial score (nSPS) is 14.1. The molecular formula is C19H25N. The van der Waals surface area contributed by atoms with Gasteiger partial charge in [0.1, 0.15) is 0 Å². The molecule has 0 aromatic heterocycles. The van der Waals surface area contributed by atoms with Crippen molar-refractivity contribution < 1.29 is 0 Å². The van der Waals surface area contributed by atoms with Crippen molar-refractivity contribution in [2.45, 2.75) is 46.7 Å². The average molecular weight is 267 g/mol. The molecule has 2 atom stereocenters. The lowest BCUT2D eigenvalue weighted by Gasteiger charge is -2.22. The van der Waals surface area contributed by atoms with Crippen LogP contribution in [0.3, 0.4) is 0 Å². The van der Waals surface area contributed by atoms with E-state index in [1.54, 1.807) is 0 Å². The first kappa shape index (κ1) is 14.8. The van der Waals surface area contributed by atoms with Gasteiger partial charge in [0.2, 0.25) is 0 Å². The van der Waals surface area contributed by atoms with E-state index in [2.05, 4.69) is 82.4 Å². The minimum atomic E-state index is 0.351. The van der Waals surface area contributed by atoms with Crippen LogP contribution < -0.4 is 5.32 Å². The zero-order valence-corrected chi connectivity index (χ0v) is 13.2. The molecule has 2 aromatic carbocycles. The Hall–Kier alpha value is -1.60. The van der Waals surface area contributed by atoms with Gasteiger partial charge in [0.05, 0.1) is 0 Å². The van der Waals surface area contributed by atoms with Crippen molar-refractivity contribution in [2.24, 2.45) is 0 Å². The van der Waals surface area contributed by atoms with Gasteiger partial charge in [-0.15, -0.1) is 0 Å². The van der Waals surface area contributed by atoms with Gasteiger partial charge in [-0.05, 0) is 45.7 Å². The van der Waals surface area contributed by atoms with Crippen molar-refractivity contribution in [2.75, 3.05) is 0 Å². The molecule has 2 aromatic rings. The van der Waals surface area contributed by atoms with Crippen LogP contribution in [0.2, 0.25) is 0 Å². The third-order valence-corrected chi connectivity index (χ3v) is 3.79. The lowest BCUT2D eigenvalue weighted by Crippen LogP contribution is -2.22. The standard InChI is InChI=1S/C19H25N/c1-13-7-6-8-18(10-13)16(4)20-17(5)19-11-14(2)9-15(3)12-19/h6-12,16-17,20H,1-5H3/t16-,17?/m1/s1. The fraction of sp³-hybridized carbons (Fsp3) is 0.368. The van der Waals surface area contributed by atoms with E-state index in [4.69, 9.17) is 0 Å². The van der Waals surface area contributed by atoms with Gasteiger partial charge in [0, 0.05) is 12.1 Å². The SMILES string of the molecule is Cc1cc(C)cc(C(C)N[C@H](C)c2cccc(C)c2)c1. The first-order chi connectivity index (χ1) is 9.45. The summed E-state index contributed by atoms with van der Waals surface area (Å²) in [5, 5.41) is 3.69. The summed E-state index contributed by atoms with van der Waals surface area (Å²) in [4.78, 5) is 0. The first-order valence-electron chi connectivity index (χ1n) is 7.36. The molecule has 0 saturated heterocycles. The van der Waals surface area contributed by atoms with Crippen LogP contribution in [0.4, 0.5) is 0 Å². The van der Waals surface area contributed by atoms with Gasteiger partial charge in [-0.1, -0.05) is 59.2 Å². The minimum absolute atomic E-state index is 0.351. The molecule has 2 rings (SSSR count). The highest BCUT2D eigenvalue weighted by Crippen LogP contribution is 2.21. The predicted molar refractivity (Wildman–Crippen MR) is 87.1 cm³/mol. The summed E-state index contributed by atoms with van der Waals surface area (Å²) in [6.45, 7) is 10.9. The second-order valence-corrected chi connectivity index (χ2v) is 5.95. The number of hydrogen-bond acceptors (Lipinski definition) is 1. The molecule has 20 heavy (non-hydrogen) atoms. The summed E-state index contributed by atoms with van der Waals surface area (Å²) in [7, 11) is 0. The summed E-state index contributed by atoms with van der Waals surface area (Å²) in [6.07, 6.45) is 0. The monoisotopic (exact) mass is 267 g/mol. The van der Waals surface area contributed by atoms with E-state index in [0.29, 0.717) is 12.1 Å². The van der Waals surface area contributed by atoms with Gasteiger partial charge in [-0.3, -0.25) is 0 Å². The lowest BCUT2D eigenvalue weighted by atomic mass is 10.00. The third-order valence-electron chi connectivity index (χ3n) is 3.79. The zero-order chi connectivity index (χ0) is 14.7. The summed E-state index contributed by atoms with van der Waals surface area (Å²) in [5.41, 5.74) is 6.69. The van der Waals surface area contributed by atoms with Crippen LogP contribution in [0.25, 0.3) is 0 Å². The Bertz CT molecular complexity index is 566. The Balaban J connectivity index is 2.12. The van der Waals surface area contributed by atoms with E-state index in [0.717, 1.165) is 0 Å². The minimum Gasteiger partial charge on any atom is -0.304 e. The molecule has 1 N–H and O–H groups in total. The Kier molecular flexibility index (Phi) is 4.61. The maximum absolute atomic E-state index is 3.69. The van der Waals surface area contributed by atoms with Crippen molar-refractivity contribution >= 4 is 0 Å². The summed E-state index contributed by atoms with van der Waals surface area (Å²) < 4.78 is 0. The molecule has 0 saturated carbocycles. The summed E-state index contributed by atoms with van der Waals surface area (Å²) in [5.74, 6) is 0. The molecule has 0 heterocycles. The van der Waals surface area contributed by atoms with Gasteiger partial charge in [-0.25, -0.2) is 0 Å². The van der Waals surface area contributed by atoms with Crippen LogP contribution in [-0.2, 0) is 0 Å². The summed E-state index contributed by atoms with van der Waals surface area (Å²) >= 11 is 0. The van der Waals surface area contributed by atoms with Crippen molar-refractivity contribution in [1.29, 1.82) is 0 Å². The van der Waals surface area contributed by atoms with Crippen LogP contribution in [0.1, 0.15) is 53.7 Å². The Morgan fingerprint density at radius 2 is 1.25 bits per heavy atom. The van der Waals surface area contributed by atoms with Crippen molar-refractivity contribution in [3.8, 4) is 0 Å². The number of rotatable bonds is 4. The molecule has 0 aliphatic rings. The van der Waals surface area contributed by atoms with Crippen LogP contribution in [0.15, 0.2) is 42.5 Å². The zero-order valence-electron chi connectivity index (χ0n) is 13.2. The van der Waals surface area contributed by atoms with Crippen LogP contribution in [0, 0.1) is 20.8 Å². The van der Waals surface area contributed by atoms with Crippen molar-refractivity contribution in [3.63, 3.8) is 0 Å². The molecule has 0 radical (unpaired) electrons. The molecule has 0 amide bonds. The highest BCUT2D eigenvalue weighted by atomic mass is 14.9. The number of aryl methyl sites for hydroxylation is 3. The smallest absolute Gasteiger partial charge is 0.0297 e. The second kappa shape index (κ2) is 6.23. The largest absolute Gasteiger partial charge is 0.304 e. The van der Waals surface area contributed by atoms with Gasteiger partial charge >= 0.3 is 0 Å². The fourth-order valence-corrected chi connectivity index (χ4v) is 2.77. The average Bonchev–Trinajstić information content (AvgIpc) is 2.37. The van der Waals surface area contributed by atoms with Crippen LogP contribution in [0.5, 0.6) is 0 Å². The molecule has 1 heteroatoms.